The van der Waals surface area contributed by atoms with E-state index in [9.17, 15) is 0 Å². The fraction of sp³-hybridized carbons (Fsp3) is 0. The van der Waals surface area contributed by atoms with E-state index in [1.54, 1.807) is 0 Å². The van der Waals surface area contributed by atoms with Crippen molar-refractivity contribution in [2.75, 3.05) is 0 Å². The summed E-state index contributed by atoms with van der Waals surface area (Å²) in [7, 11) is 47.4. The van der Waals surface area contributed by atoms with Crippen LogP contribution in [0.5, 0.6) is 0 Å². The Kier molecular flexibility index (Phi) is 8.22. The van der Waals surface area contributed by atoms with E-state index in [0.717, 1.165) is 33.0 Å². The van der Waals surface area contributed by atoms with Crippen molar-refractivity contribution in [2.45, 2.75) is 0 Å². The predicted molar refractivity (Wildman–Crippen MR) is 241 cm³/mol. The third kappa shape index (κ3) is 5.38. The lowest BCUT2D eigenvalue weighted by atomic mass is 9.64. The van der Waals surface area contributed by atoms with E-state index < -0.39 is 0 Å². The summed E-state index contributed by atoms with van der Waals surface area (Å²) in [4.78, 5) is 14.8. The molecule has 0 spiro atoms. The minimum Gasteiger partial charge on any atom is -0.454 e. The molecule has 0 aliphatic carbocycles. The van der Waals surface area contributed by atoms with Crippen LogP contribution in [-0.2, 0) is 0 Å². The summed E-state index contributed by atoms with van der Waals surface area (Å²) in [5, 5.41) is 2.65. The van der Waals surface area contributed by atoms with Crippen LogP contribution >= 0.6 is 0 Å². The molecule has 14 radical (unpaired) electrons. The molecule has 0 aliphatic heterocycles. The van der Waals surface area contributed by atoms with Crippen molar-refractivity contribution in [3.05, 3.63) is 127 Å². The number of aromatic nitrogens is 4. The van der Waals surface area contributed by atoms with Gasteiger partial charge in [0.25, 0.3) is 0 Å². The smallest absolute Gasteiger partial charge is 0.164 e. The lowest BCUT2D eigenvalue weighted by molar-refractivity contribution is 0.666. The molecule has 3 heterocycles. The van der Waals surface area contributed by atoms with Gasteiger partial charge in [-0.25, -0.2) is 15.0 Å². The average molecular weight is 709 g/mol. The molecule has 0 bridgehead atoms. The molecule has 0 saturated heterocycles. The van der Waals surface area contributed by atoms with Gasteiger partial charge in [-0.2, -0.15) is 0 Å². The normalized spacial score (nSPS) is 11.6. The van der Waals surface area contributed by atoms with Crippen molar-refractivity contribution in [3.63, 3.8) is 0 Å². The van der Waals surface area contributed by atoms with Crippen LogP contribution in [0.3, 0.4) is 0 Å². The van der Waals surface area contributed by atoms with Crippen molar-refractivity contribution in [1.29, 1.82) is 0 Å². The lowest BCUT2D eigenvalue weighted by Gasteiger charge is -2.19. The number of furan rings is 1. The average Bonchev–Trinajstić information content (AvgIpc) is 3.82. The van der Waals surface area contributed by atoms with Crippen LogP contribution in [0.2, 0.25) is 0 Å². The number of hydrogen-bond donors (Lipinski definition) is 0. The van der Waals surface area contributed by atoms with Crippen LogP contribution in [0.15, 0.2) is 132 Å². The minimum absolute atomic E-state index is 0.140. The molecule has 7 aromatic carbocycles. The Morgan fingerprint density at radius 3 is 1.51 bits per heavy atom. The molecule has 0 fully saturated rings. The SMILES string of the molecule is [B]c1c([B])c([B])c2c(c1[B])c1c([B])c([B])c(-c3ccccc3)c([B])c1n2-c1cccc2c1oc1ccc(-c3nc(-c4ccccc4)nc(-c4ccccc4)n3)cc12. The number of para-hydroxylation sites is 1. The fourth-order valence-electron chi connectivity index (χ4n) is 7.89. The fourth-order valence-corrected chi connectivity index (χ4v) is 7.89. The number of benzene rings is 7. The Hall–Kier alpha value is -6.40. The van der Waals surface area contributed by atoms with Gasteiger partial charge in [-0.05, 0) is 46.2 Å². The Morgan fingerprint density at radius 2 is 0.912 bits per heavy atom. The van der Waals surface area contributed by atoms with E-state index in [0.29, 0.717) is 72.6 Å². The van der Waals surface area contributed by atoms with Gasteiger partial charge in [0, 0.05) is 38.5 Å². The van der Waals surface area contributed by atoms with Crippen molar-refractivity contribution < 1.29 is 4.42 Å². The van der Waals surface area contributed by atoms with E-state index >= 15 is 0 Å². The van der Waals surface area contributed by atoms with E-state index in [4.69, 9.17) is 74.3 Å². The first-order chi connectivity index (χ1) is 27.7. The Labute approximate surface area is 337 Å². The molecule has 12 heteroatoms. The van der Waals surface area contributed by atoms with E-state index in [-0.39, 0.29) is 27.3 Å². The van der Waals surface area contributed by atoms with E-state index in [2.05, 4.69) is 0 Å². The summed E-state index contributed by atoms with van der Waals surface area (Å²) in [6.07, 6.45) is 0. The summed E-state index contributed by atoms with van der Waals surface area (Å²) in [6, 6.07) is 41.0. The van der Waals surface area contributed by atoms with Gasteiger partial charge < -0.3 is 8.98 Å². The lowest BCUT2D eigenvalue weighted by Crippen LogP contribution is -2.48. The molecule has 10 aromatic rings. The van der Waals surface area contributed by atoms with Crippen molar-refractivity contribution in [2.24, 2.45) is 0 Å². The van der Waals surface area contributed by atoms with Gasteiger partial charge in [0.2, 0.25) is 0 Å². The quantitative estimate of drug-likeness (QED) is 0.258. The van der Waals surface area contributed by atoms with Gasteiger partial charge in [-0.1, -0.05) is 130 Å². The molecule has 0 atom stereocenters. The molecule has 0 aliphatic rings. The standard InChI is InChI=1S/C45H21B7N4O/c46-33-30(22-11-4-1-5-12-22)36(49)40-31(34(33)47)32-35(48)37(50)38(51)39(52)41(32)56(40)28-18-10-17-26-27-21-25(19-20-29(27)57-42(26)28)45-54-43(23-13-6-2-7-14-23)53-44(55-45)24-15-8-3-9-16-24/h1-21H. The van der Waals surface area contributed by atoms with Gasteiger partial charge >= 0.3 is 0 Å². The van der Waals surface area contributed by atoms with Gasteiger partial charge in [0.05, 0.1) is 5.69 Å². The summed E-state index contributed by atoms with van der Waals surface area (Å²) in [5.41, 5.74) is 8.36. The minimum atomic E-state index is 0.140. The highest BCUT2D eigenvalue weighted by Crippen LogP contribution is 2.38. The monoisotopic (exact) mass is 710 g/mol. The molecule has 0 N–H and O–H groups in total. The van der Waals surface area contributed by atoms with Crippen molar-refractivity contribution in [3.8, 4) is 51.0 Å². The molecule has 3 aromatic heterocycles. The van der Waals surface area contributed by atoms with Crippen LogP contribution < -0.4 is 38.2 Å². The van der Waals surface area contributed by atoms with Crippen LogP contribution in [-0.4, -0.2) is 74.4 Å². The highest BCUT2D eigenvalue weighted by Gasteiger charge is 2.26. The molecule has 0 amide bonds. The highest BCUT2D eigenvalue weighted by molar-refractivity contribution is 6.69. The third-order valence-electron chi connectivity index (χ3n) is 10.7. The Bertz CT molecular complexity index is 3200. The molecule has 10 rings (SSSR count). The molecule has 57 heavy (non-hydrogen) atoms. The summed E-state index contributed by atoms with van der Waals surface area (Å²) < 4.78 is 8.62. The van der Waals surface area contributed by atoms with Crippen molar-refractivity contribution >= 4 is 137 Å². The Balaban J connectivity index is 1.25. The number of hydrogen-bond acceptors (Lipinski definition) is 4. The maximum atomic E-state index is 7.16. The second kappa shape index (κ2) is 13.4. The summed E-state index contributed by atoms with van der Waals surface area (Å²) in [5.74, 6) is 1.65. The third-order valence-corrected chi connectivity index (χ3v) is 10.7. The number of rotatable bonds is 5. The van der Waals surface area contributed by atoms with Gasteiger partial charge in [-0.15, -0.1) is 10.9 Å². The zero-order valence-corrected chi connectivity index (χ0v) is 30.4. The molecular weight excluding hydrogens is 688 g/mol. The number of fused-ring (bicyclic) bond motifs is 6. The zero-order valence-electron chi connectivity index (χ0n) is 30.4. The van der Waals surface area contributed by atoms with Gasteiger partial charge in [-0.3, -0.25) is 0 Å². The van der Waals surface area contributed by atoms with Gasteiger partial charge in [0.15, 0.2) is 23.1 Å². The summed E-state index contributed by atoms with van der Waals surface area (Å²) in [6.45, 7) is 0. The zero-order chi connectivity index (χ0) is 39.1. The van der Waals surface area contributed by atoms with Crippen LogP contribution in [0, 0.1) is 0 Å². The Morgan fingerprint density at radius 1 is 0.404 bits per heavy atom. The second-order valence-corrected chi connectivity index (χ2v) is 13.9. The first-order valence-corrected chi connectivity index (χ1v) is 18.2. The molecule has 0 saturated carbocycles. The van der Waals surface area contributed by atoms with Crippen LogP contribution in [0.1, 0.15) is 0 Å². The first-order valence-electron chi connectivity index (χ1n) is 18.2. The van der Waals surface area contributed by atoms with Gasteiger partial charge in [0.1, 0.15) is 60.5 Å². The molecule has 5 nitrogen and oxygen atoms in total. The van der Waals surface area contributed by atoms with Crippen molar-refractivity contribution in [1.82, 2.24) is 19.5 Å². The number of nitrogens with zero attached hydrogens (tertiary/aromatic N) is 4. The first kappa shape index (κ1) is 35.0. The van der Waals surface area contributed by atoms with Crippen LogP contribution in [0.25, 0.3) is 94.7 Å². The summed E-state index contributed by atoms with van der Waals surface area (Å²) >= 11 is 0. The predicted octanol–water partition coefficient (Wildman–Crippen LogP) is 3.09. The molecular formula is C45H21B7N4O. The topological polar surface area (TPSA) is 56.7 Å². The molecule has 248 valence electrons. The van der Waals surface area contributed by atoms with E-state index in [1.165, 1.54) is 0 Å². The van der Waals surface area contributed by atoms with Crippen LogP contribution in [0.4, 0.5) is 0 Å². The largest absolute Gasteiger partial charge is 0.454 e. The maximum Gasteiger partial charge on any atom is 0.164 e. The highest BCUT2D eigenvalue weighted by atomic mass is 16.3. The second-order valence-electron chi connectivity index (χ2n) is 13.9. The van der Waals surface area contributed by atoms with E-state index in [1.807, 2.05) is 132 Å². The maximum absolute atomic E-state index is 7.16. The molecule has 0 unspecified atom stereocenters.